The Bertz CT molecular complexity index is 1330. The van der Waals surface area contributed by atoms with Crippen molar-refractivity contribution in [2.24, 2.45) is 0 Å². The van der Waals surface area contributed by atoms with Crippen molar-refractivity contribution in [3.63, 3.8) is 0 Å². The van der Waals surface area contributed by atoms with Crippen LogP contribution in [0.3, 0.4) is 0 Å². The number of nitrogens with one attached hydrogen (secondary N) is 2. The lowest BCUT2D eigenvalue weighted by Crippen LogP contribution is -2.53. The van der Waals surface area contributed by atoms with Crippen LogP contribution < -0.4 is 4.90 Å². The molecule has 2 N–H and O–H groups in total. The van der Waals surface area contributed by atoms with E-state index in [4.69, 9.17) is 0 Å². The molecule has 0 unspecified atom stereocenters. The van der Waals surface area contributed by atoms with Crippen molar-refractivity contribution in [2.45, 2.75) is 58.5 Å². The third-order valence-electron chi connectivity index (χ3n) is 8.45. The molecule has 2 aliphatic rings. The van der Waals surface area contributed by atoms with Gasteiger partial charge in [0.15, 0.2) is 5.65 Å². The zero-order chi connectivity index (χ0) is 24.8. The first-order valence-corrected chi connectivity index (χ1v) is 13.7. The number of piperazine rings is 1. The Morgan fingerprint density at radius 3 is 2.42 bits per heavy atom. The van der Waals surface area contributed by atoms with E-state index in [2.05, 4.69) is 86.8 Å². The number of anilines is 1. The number of rotatable bonds is 5. The van der Waals surface area contributed by atoms with Gasteiger partial charge < -0.3 is 14.8 Å². The van der Waals surface area contributed by atoms with E-state index in [1.54, 1.807) is 0 Å². The zero-order valence-corrected chi connectivity index (χ0v) is 22.1. The highest BCUT2D eigenvalue weighted by Crippen LogP contribution is 2.39. The predicted molar refractivity (Wildman–Crippen MR) is 149 cm³/mol. The van der Waals surface area contributed by atoms with Crippen LogP contribution in [0, 0.1) is 0 Å². The Balaban J connectivity index is 1.23. The molecule has 2 saturated heterocycles. The number of hydrogen-bond acceptors (Lipinski definition) is 5. The molecule has 0 bridgehead atoms. The number of likely N-dealkylation sites (tertiary alicyclic amines) is 1. The lowest BCUT2D eigenvalue weighted by atomic mass is 9.95. The van der Waals surface area contributed by atoms with E-state index >= 15 is 0 Å². The first-order valence-electron chi connectivity index (χ1n) is 13.7. The van der Waals surface area contributed by atoms with E-state index in [1.807, 2.05) is 12.4 Å². The fourth-order valence-electron chi connectivity index (χ4n) is 6.39. The highest BCUT2D eigenvalue weighted by atomic mass is 15.3. The lowest BCUT2D eigenvalue weighted by Gasteiger charge is -2.44. The molecule has 0 saturated carbocycles. The maximum atomic E-state index is 4.44. The molecule has 4 aromatic rings. The average molecular weight is 486 g/mol. The standard InChI is InChI=1S/C29H39N7/c1-19(2)27-24-17-22(36-15-13-35(14-16-36)21-8-11-34(12-9-21)20(3)4)5-6-26(24)32-28(27)23-7-10-30-29-25(23)18-31-33-29/h5-7,10,17-21,32H,8-9,11-16H2,1-4H3,(H,30,31,33). The van der Waals surface area contributed by atoms with E-state index in [1.165, 1.54) is 53.8 Å². The van der Waals surface area contributed by atoms with Crippen LogP contribution in [0.2, 0.25) is 0 Å². The minimum atomic E-state index is 0.396. The number of H-pyrrole nitrogens is 2. The van der Waals surface area contributed by atoms with Gasteiger partial charge in [0.05, 0.1) is 11.9 Å². The van der Waals surface area contributed by atoms with Crippen molar-refractivity contribution in [1.82, 2.24) is 30.0 Å². The second kappa shape index (κ2) is 9.52. The summed E-state index contributed by atoms with van der Waals surface area (Å²) in [5, 5.41) is 9.62. The van der Waals surface area contributed by atoms with Crippen LogP contribution in [0.5, 0.6) is 0 Å². The van der Waals surface area contributed by atoms with Crippen molar-refractivity contribution in [1.29, 1.82) is 0 Å². The second-order valence-electron chi connectivity index (χ2n) is 11.2. The van der Waals surface area contributed by atoms with Gasteiger partial charge in [-0.15, -0.1) is 0 Å². The van der Waals surface area contributed by atoms with Crippen LogP contribution in [0.4, 0.5) is 5.69 Å². The molecular formula is C29H39N7. The number of hydrogen-bond donors (Lipinski definition) is 2. The number of benzene rings is 1. The number of pyridine rings is 1. The molecule has 0 spiro atoms. The van der Waals surface area contributed by atoms with Crippen molar-refractivity contribution in [3.8, 4) is 11.3 Å². The molecule has 0 aliphatic carbocycles. The summed E-state index contributed by atoms with van der Waals surface area (Å²) in [5.41, 5.74) is 7.08. The number of aromatic amines is 2. The van der Waals surface area contributed by atoms with Gasteiger partial charge in [-0.25, -0.2) is 4.98 Å². The number of aromatic nitrogens is 4. The van der Waals surface area contributed by atoms with Gasteiger partial charge in [0.2, 0.25) is 0 Å². The number of fused-ring (bicyclic) bond motifs is 2. The van der Waals surface area contributed by atoms with Gasteiger partial charge in [-0.05, 0) is 75.5 Å². The minimum Gasteiger partial charge on any atom is -0.369 e. The summed E-state index contributed by atoms with van der Waals surface area (Å²) in [6, 6.07) is 10.5. The molecule has 1 aromatic carbocycles. The molecule has 0 atom stereocenters. The molecular weight excluding hydrogens is 446 g/mol. The first-order chi connectivity index (χ1) is 17.5. The highest BCUT2D eigenvalue weighted by molar-refractivity contribution is 5.99. The Kier molecular flexibility index (Phi) is 6.21. The van der Waals surface area contributed by atoms with E-state index in [-0.39, 0.29) is 0 Å². The summed E-state index contributed by atoms with van der Waals surface area (Å²) in [6.45, 7) is 16.2. The number of nitrogens with zero attached hydrogens (tertiary/aromatic N) is 5. The lowest BCUT2D eigenvalue weighted by molar-refractivity contribution is 0.0883. The highest BCUT2D eigenvalue weighted by Gasteiger charge is 2.28. The molecule has 7 heteroatoms. The van der Waals surface area contributed by atoms with Crippen LogP contribution in [0.1, 0.15) is 52.0 Å². The molecule has 6 rings (SSSR count). The van der Waals surface area contributed by atoms with E-state index in [0.29, 0.717) is 12.0 Å². The van der Waals surface area contributed by atoms with Crippen LogP contribution in [-0.4, -0.2) is 81.3 Å². The van der Waals surface area contributed by atoms with Crippen LogP contribution in [0.25, 0.3) is 33.2 Å². The summed E-state index contributed by atoms with van der Waals surface area (Å²) in [6.07, 6.45) is 6.37. The Hall–Kier alpha value is -2.90. The van der Waals surface area contributed by atoms with E-state index in [9.17, 15) is 0 Å². The summed E-state index contributed by atoms with van der Waals surface area (Å²) in [5.74, 6) is 0.396. The summed E-state index contributed by atoms with van der Waals surface area (Å²) < 4.78 is 0. The molecule has 190 valence electrons. The van der Waals surface area contributed by atoms with Gasteiger partial charge >= 0.3 is 0 Å². The van der Waals surface area contributed by atoms with Gasteiger partial charge in [-0.2, -0.15) is 5.10 Å². The van der Waals surface area contributed by atoms with Crippen LogP contribution in [0.15, 0.2) is 36.7 Å². The Morgan fingerprint density at radius 1 is 0.917 bits per heavy atom. The molecule has 7 nitrogen and oxygen atoms in total. The van der Waals surface area contributed by atoms with E-state index in [0.717, 1.165) is 48.8 Å². The van der Waals surface area contributed by atoms with Crippen molar-refractivity contribution in [3.05, 3.63) is 42.2 Å². The molecule has 3 aromatic heterocycles. The Labute approximate surface area is 213 Å². The van der Waals surface area contributed by atoms with Gasteiger partial charge in [0.25, 0.3) is 0 Å². The van der Waals surface area contributed by atoms with E-state index < -0.39 is 0 Å². The van der Waals surface area contributed by atoms with Crippen LogP contribution >= 0.6 is 0 Å². The third kappa shape index (κ3) is 4.18. The quantitative estimate of drug-likeness (QED) is 0.405. The summed E-state index contributed by atoms with van der Waals surface area (Å²) in [7, 11) is 0. The molecule has 5 heterocycles. The minimum absolute atomic E-state index is 0.396. The maximum Gasteiger partial charge on any atom is 0.155 e. The topological polar surface area (TPSA) is 67.1 Å². The SMILES string of the molecule is CC(C)c1c(-c2ccnc3[nH]ncc23)[nH]c2ccc(N3CCN(C4CCN(C(C)C)CC4)CC3)cc12. The Morgan fingerprint density at radius 2 is 1.69 bits per heavy atom. The zero-order valence-electron chi connectivity index (χ0n) is 22.1. The predicted octanol–water partition coefficient (Wildman–Crippen LogP) is 5.22. The molecule has 36 heavy (non-hydrogen) atoms. The van der Waals surface area contributed by atoms with Gasteiger partial charge in [0, 0.05) is 72.0 Å². The van der Waals surface area contributed by atoms with Crippen molar-refractivity contribution >= 4 is 27.6 Å². The molecule has 0 amide bonds. The largest absolute Gasteiger partial charge is 0.369 e. The maximum absolute atomic E-state index is 4.44. The fourth-order valence-corrected chi connectivity index (χ4v) is 6.39. The van der Waals surface area contributed by atoms with Gasteiger partial charge in [-0.1, -0.05) is 13.8 Å². The monoisotopic (exact) mass is 485 g/mol. The third-order valence-corrected chi connectivity index (χ3v) is 8.45. The van der Waals surface area contributed by atoms with Gasteiger partial charge in [-0.3, -0.25) is 10.00 Å². The normalized spacial score (nSPS) is 18.9. The number of piperidine rings is 1. The van der Waals surface area contributed by atoms with Gasteiger partial charge in [0.1, 0.15) is 0 Å². The molecule has 2 aliphatic heterocycles. The fraction of sp³-hybridized carbons (Fsp3) is 0.517. The second-order valence-corrected chi connectivity index (χ2v) is 11.2. The molecule has 0 radical (unpaired) electrons. The summed E-state index contributed by atoms with van der Waals surface area (Å²) >= 11 is 0. The first kappa shape index (κ1) is 23.5. The van der Waals surface area contributed by atoms with Crippen molar-refractivity contribution in [2.75, 3.05) is 44.2 Å². The molecule has 2 fully saturated rings. The summed E-state index contributed by atoms with van der Waals surface area (Å²) in [4.78, 5) is 16.1. The van der Waals surface area contributed by atoms with Crippen molar-refractivity contribution < 1.29 is 0 Å². The van der Waals surface area contributed by atoms with Crippen LogP contribution in [-0.2, 0) is 0 Å². The average Bonchev–Trinajstić information content (AvgIpc) is 3.53. The smallest absolute Gasteiger partial charge is 0.155 e.